The van der Waals surface area contributed by atoms with Crippen LogP contribution in [0.2, 0.25) is 10.0 Å². The highest BCUT2D eigenvalue weighted by Crippen LogP contribution is 2.25. The summed E-state index contributed by atoms with van der Waals surface area (Å²) < 4.78 is 39.9. The van der Waals surface area contributed by atoms with Crippen molar-refractivity contribution in [3.63, 3.8) is 0 Å². The minimum Gasteiger partial charge on any atom is -0.354 e. The van der Waals surface area contributed by atoms with Crippen molar-refractivity contribution in [3.8, 4) is 0 Å². The van der Waals surface area contributed by atoms with Gasteiger partial charge in [-0.2, -0.15) is 0 Å². The molecule has 0 aliphatic rings. The number of hydrogen-bond acceptors (Lipinski definition) is 4. The molecule has 11 heteroatoms. The van der Waals surface area contributed by atoms with Crippen LogP contribution in [0, 0.1) is 5.82 Å². The van der Waals surface area contributed by atoms with E-state index < -0.39 is 40.2 Å². The van der Waals surface area contributed by atoms with Crippen LogP contribution >= 0.6 is 23.2 Å². The molecule has 0 aliphatic carbocycles. The highest BCUT2D eigenvalue weighted by molar-refractivity contribution is 7.92. The number of hydrogen-bond donors (Lipinski definition) is 1. The van der Waals surface area contributed by atoms with E-state index in [2.05, 4.69) is 5.32 Å². The topological polar surface area (TPSA) is 86.8 Å². The SMILES string of the molecule is CCCNC(=O)C(C)N(Cc1ccc(Cl)cc1Cl)C(=O)CN(c1ccccc1F)S(C)(=O)=O. The van der Waals surface area contributed by atoms with Crippen LogP contribution in [0.3, 0.4) is 0 Å². The molecule has 0 saturated heterocycles. The molecule has 2 aromatic carbocycles. The minimum absolute atomic E-state index is 0.0789. The zero-order valence-electron chi connectivity index (χ0n) is 18.5. The molecule has 0 aromatic heterocycles. The molecule has 1 N–H and O–H groups in total. The molecule has 0 spiro atoms. The zero-order chi connectivity index (χ0) is 24.8. The predicted octanol–water partition coefficient (Wildman–Crippen LogP) is 3.84. The lowest BCUT2D eigenvalue weighted by atomic mass is 10.1. The van der Waals surface area contributed by atoms with Gasteiger partial charge in [-0.05, 0) is 43.2 Å². The van der Waals surface area contributed by atoms with Crippen LogP contribution in [-0.4, -0.2) is 50.5 Å². The van der Waals surface area contributed by atoms with Gasteiger partial charge in [0.1, 0.15) is 18.4 Å². The van der Waals surface area contributed by atoms with Gasteiger partial charge in [0.15, 0.2) is 0 Å². The Kier molecular flexibility index (Phi) is 9.51. The zero-order valence-corrected chi connectivity index (χ0v) is 20.8. The van der Waals surface area contributed by atoms with Gasteiger partial charge < -0.3 is 10.2 Å². The molecule has 180 valence electrons. The maximum atomic E-state index is 14.4. The molecule has 1 atom stereocenters. The Hall–Kier alpha value is -2.36. The Morgan fingerprint density at radius 3 is 2.39 bits per heavy atom. The molecule has 2 amide bonds. The number of carbonyl (C=O) groups is 2. The Balaban J connectivity index is 2.42. The van der Waals surface area contributed by atoms with E-state index in [1.807, 2.05) is 6.92 Å². The smallest absolute Gasteiger partial charge is 0.244 e. The number of carbonyl (C=O) groups excluding carboxylic acids is 2. The summed E-state index contributed by atoms with van der Waals surface area (Å²) in [5.74, 6) is -1.90. The Morgan fingerprint density at radius 1 is 1.15 bits per heavy atom. The average Bonchev–Trinajstić information content (AvgIpc) is 2.74. The molecular formula is C22H26Cl2FN3O4S. The first-order valence-corrected chi connectivity index (χ1v) is 12.8. The predicted molar refractivity (Wildman–Crippen MR) is 128 cm³/mol. The Labute approximate surface area is 203 Å². The molecule has 0 fully saturated rings. The van der Waals surface area contributed by atoms with Gasteiger partial charge in [-0.1, -0.05) is 48.3 Å². The van der Waals surface area contributed by atoms with Crippen molar-refractivity contribution in [3.05, 3.63) is 63.9 Å². The van der Waals surface area contributed by atoms with E-state index in [1.54, 1.807) is 12.1 Å². The third-order valence-corrected chi connectivity index (χ3v) is 6.59. The number of sulfonamides is 1. The van der Waals surface area contributed by atoms with Gasteiger partial charge in [0, 0.05) is 23.1 Å². The summed E-state index contributed by atoms with van der Waals surface area (Å²) in [5, 5.41) is 3.41. The number of nitrogens with one attached hydrogen (secondary N) is 1. The van der Waals surface area contributed by atoms with E-state index in [9.17, 15) is 22.4 Å². The van der Waals surface area contributed by atoms with E-state index in [0.717, 1.165) is 12.3 Å². The molecule has 33 heavy (non-hydrogen) atoms. The number of para-hydroxylation sites is 1. The first-order valence-electron chi connectivity index (χ1n) is 10.2. The molecule has 2 aromatic rings. The second-order valence-corrected chi connectivity index (χ2v) is 10.2. The van der Waals surface area contributed by atoms with E-state index in [1.165, 1.54) is 36.1 Å². The quantitative estimate of drug-likeness (QED) is 0.518. The van der Waals surface area contributed by atoms with Gasteiger partial charge in [-0.25, -0.2) is 12.8 Å². The highest BCUT2D eigenvalue weighted by Gasteiger charge is 2.31. The van der Waals surface area contributed by atoms with E-state index in [-0.39, 0.29) is 17.3 Å². The molecule has 0 radical (unpaired) electrons. The number of rotatable bonds is 10. The molecule has 0 heterocycles. The standard InChI is InChI=1S/C22H26Cl2FN3O4S/c1-4-11-26-22(30)15(2)27(13-16-9-10-17(23)12-18(16)24)21(29)14-28(33(3,31)32)20-8-6-5-7-19(20)25/h5-10,12,15H,4,11,13-14H2,1-3H3,(H,26,30). The van der Waals surface area contributed by atoms with E-state index in [4.69, 9.17) is 23.2 Å². The van der Waals surface area contributed by atoms with Gasteiger partial charge >= 0.3 is 0 Å². The number of anilines is 1. The van der Waals surface area contributed by atoms with Crippen molar-refractivity contribution in [1.82, 2.24) is 10.2 Å². The Bertz CT molecular complexity index is 1110. The van der Waals surface area contributed by atoms with Crippen LogP contribution in [-0.2, 0) is 26.2 Å². The fourth-order valence-corrected chi connectivity index (χ4v) is 4.38. The van der Waals surface area contributed by atoms with Crippen molar-refractivity contribution < 1.29 is 22.4 Å². The van der Waals surface area contributed by atoms with Crippen LogP contribution < -0.4 is 9.62 Å². The number of nitrogens with zero attached hydrogens (tertiary/aromatic N) is 2. The van der Waals surface area contributed by atoms with Crippen LogP contribution in [0.4, 0.5) is 10.1 Å². The van der Waals surface area contributed by atoms with Crippen molar-refractivity contribution in [1.29, 1.82) is 0 Å². The Morgan fingerprint density at radius 2 is 1.82 bits per heavy atom. The molecule has 1 unspecified atom stereocenters. The monoisotopic (exact) mass is 517 g/mol. The van der Waals surface area contributed by atoms with Crippen molar-refractivity contribution in [2.75, 3.05) is 23.7 Å². The van der Waals surface area contributed by atoms with Crippen molar-refractivity contribution >= 4 is 50.7 Å². The third kappa shape index (κ3) is 7.31. The minimum atomic E-state index is -4.01. The number of amides is 2. The molecule has 2 rings (SSSR count). The maximum absolute atomic E-state index is 14.4. The summed E-state index contributed by atoms with van der Waals surface area (Å²) in [7, 11) is -4.01. The lowest BCUT2D eigenvalue weighted by Crippen LogP contribution is -2.51. The van der Waals surface area contributed by atoms with Gasteiger partial charge in [0.2, 0.25) is 21.8 Å². The molecule has 0 aliphatic heterocycles. The fraction of sp³-hybridized carbons (Fsp3) is 0.364. The fourth-order valence-electron chi connectivity index (χ4n) is 3.06. The van der Waals surface area contributed by atoms with Gasteiger partial charge in [0.25, 0.3) is 0 Å². The summed E-state index contributed by atoms with van der Waals surface area (Å²) >= 11 is 12.2. The van der Waals surface area contributed by atoms with Crippen LogP contribution in [0.15, 0.2) is 42.5 Å². The lowest BCUT2D eigenvalue weighted by molar-refractivity contribution is -0.139. The lowest BCUT2D eigenvalue weighted by Gasteiger charge is -2.31. The maximum Gasteiger partial charge on any atom is 0.244 e. The number of halogens is 3. The third-order valence-electron chi connectivity index (χ3n) is 4.87. The van der Waals surface area contributed by atoms with Gasteiger partial charge in [0.05, 0.1) is 11.9 Å². The van der Waals surface area contributed by atoms with Gasteiger partial charge in [-0.15, -0.1) is 0 Å². The molecule has 0 bridgehead atoms. The van der Waals surface area contributed by atoms with Gasteiger partial charge in [-0.3, -0.25) is 13.9 Å². The number of benzene rings is 2. The summed E-state index contributed by atoms with van der Waals surface area (Å²) in [4.78, 5) is 27.2. The second kappa shape index (κ2) is 11.7. The molecule has 0 saturated carbocycles. The highest BCUT2D eigenvalue weighted by atomic mass is 35.5. The van der Waals surface area contributed by atoms with Crippen molar-refractivity contribution in [2.45, 2.75) is 32.9 Å². The summed E-state index contributed by atoms with van der Waals surface area (Å²) in [6.45, 7) is 3.05. The van der Waals surface area contributed by atoms with Crippen LogP contribution in [0.25, 0.3) is 0 Å². The normalized spacial score (nSPS) is 12.2. The van der Waals surface area contributed by atoms with Crippen molar-refractivity contribution in [2.24, 2.45) is 0 Å². The van der Waals surface area contributed by atoms with Crippen LogP contribution in [0.5, 0.6) is 0 Å². The molecular weight excluding hydrogens is 492 g/mol. The first-order chi connectivity index (χ1) is 15.5. The van der Waals surface area contributed by atoms with E-state index in [0.29, 0.717) is 27.9 Å². The average molecular weight is 518 g/mol. The largest absolute Gasteiger partial charge is 0.354 e. The molecule has 7 nitrogen and oxygen atoms in total. The summed E-state index contributed by atoms with van der Waals surface area (Å²) in [6.07, 6.45) is 1.58. The summed E-state index contributed by atoms with van der Waals surface area (Å²) in [6, 6.07) is 9.01. The van der Waals surface area contributed by atoms with Crippen LogP contribution in [0.1, 0.15) is 25.8 Å². The summed E-state index contributed by atoms with van der Waals surface area (Å²) in [5.41, 5.74) is 0.252. The second-order valence-electron chi connectivity index (χ2n) is 7.45. The van der Waals surface area contributed by atoms with E-state index >= 15 is 0 Å². The first kappa shape index (κ1) is 26.9.